The summed E-state index contributed by atoms with van der Waals surface area (Å²) in [5, 5.41) is 9.24. The van der Waals surface area contributed by atoms with E-state index in [9.17, 15) is 9.90 Å². The van der Waals surface area contributed by atoms with Gasteiger partial charge in [-0.3, -0.25) is 0 Å². The van der Waals surface area contributed by atoms with Gasteiger partial charge in [0.25, 0.3) is 0 Å². The van der Waals surface area contributed by atoms with Gasteiger partial charge < -0.3 is 14.6 Å². The molecule has 0 radical (unpaired) electrons. The lowest BCUT2D eigenvalue weighted by molar-refractivity contribution is -0.150. The van der Waals surface area contributed by atoms with Crippen molar-refractivity contribution < 1.29 is 19.4 Å². The molecule has 4 nitrogen and oxygen atoms in total. The number of aliphatic hydroxyl groups is 1. The van der Waals surface area contributed by atoms with Crippen LogP contribution in [0.2, 0.25) is 0 Å². The number of carbonyl (C=O) groups excluding carboxylic acids is 1. The molecule has 23 heavy (non-hydrogen) atoms. The van der Waals surface area contributed by atoms with Gasteiger partial charge in [0.2, 0.25) is 0 Å². The molecule has 1 N–H and O–H groups in total. The van der Waals surface area contributed by atoms with E-state index in [1.807, 2.05) is 49.4 Å². The molecule has 0 amide bonds. The third-order valence-electron chi connectivity index (χ3n) is 3.54. The van der Waals surface area contributed by atoms with Crippen molar-refractivity contribution in [2.45, 2.75) is 33.5 Å². The first-order valence-electron chi connectivity index (χ1n) is 7.69. The number of aryl methyl sites for hydroxylation is 1. The normalized spacial score (nSPS) is 11.8. The van der Waals surface area contributed by atoms with E-state index in [-0.39, 0.29) is 12.6 Å². The van der Waals surface area contributed by atoms with Crippen LogP contribution in [0.3, 0.4) is 0 Å². The average Bonchev–Trinajstić information content (AvgIpc) is 2.56. The van der Waals surface area contributed by atoms with Gasteiger partial charge in [0.1, 0.15) is 5.75 Å². The van der Waals surface area contributed by atoms with Crippen LogP contribution in [0.15, 0.2) is 42.5 Å². The van der Waals surface area contributed by atoms with Gasteiger partial charge in [0, 0.05) is 0 Å². The zero-order valence-corrected chi connectivity index (χ0v) is 13.7. The molecule has 1 unspecified atom stereocenters. The Hall–Kier alpha value is -2.33. The molecule has 2 aromatic carbocycles. The molecule has 2 aromatic rings. The lowest BCUT2D eigenvalue weighted by Crippen LogP contribution is -2.26. The number of esters is 1. The Labute approximate surface area is 136 Å². The summed E-state index contributed by atoms with van der Waals surface area (Å²) >= 11 is 0. The second kappa shape index (κ2) is 7.79. The van der Waals surface area contributed by atoms with Crippen LogP contribution in [0.25, 0.3) is 11.1 Å². The third-order valence-corrected chi connectivity index (χ3v) is 3.54. The first-order valence-corrected chi connectivity index (χ1v) is 7.69. The van der Waals surface area contributed by atoms with Crippen molar-refractivity contribution in [3.63, 3.8) is 0 Å². The number of hydrogen-bond acceptors (Lipinski definition) is 4. The van der Waals surface area contributed by atoms with Gasteiger partial charge in [-0.05, 0) is 61.2 Å². The number of benzene rings is 2. The number of carbonyl (C=O) groups is 1. The van der Waals surface area contributed by atoms with Crippen molar-refractivity contribution in [2.75, 3.05) is 6.61 Å². The maximum atomic E-state index is 11.6. The summed E-state index contributed by atoms with van der Waals surface area (Å²) in [5.74, 6) is 0.291. The third kappa shape index (κ3) is 4.33. The van der Waals surface area contributed by atoms with Crippen LogP contribution < -0.4 is 4.74 Å². The van der Waals surface area contributed by atoms with Crippen LogP contribution in [0.1, 0.15) is 25.0 Å². The molecular formula is C19H22O4. The molecule has 0 spiro atoms. The fourth-order valence-electron chi connectivity index (χ4n) is 2.31. The second-order valence-corrected chi connectivity index (χ2v) is 5.35. The first kappa shape index (κ1) is 17.0. The summed E-state index contributed by atoms with van der Waals surface area (Å²) in [6, 6.07) is 13.6. The van der Waals surface area contributed by atoms with Crippen molar-refractivity contribution in [1.29, 1.82) is 0 Å². The molecule has 0 aliphatic heterocycles. The minimum atomic E-state index is -0.641. The number of hydrogen-bond donors (Lipinski definition) is 1. The van der Waals surface area contributed by atoms with Gasteiger partial charge in [-0.2, -0.15) is 0 Å². The lowest BCUT2D eigenvalue weighted by Gasteiger charge is -2.16. The van der Waals surface area contributed by atoms with E-state index in [4.69, 9.17) is 9.47 Å². The summed E-state index contributed by atoms with van der Waals surface area (Å²) in [6.45, 7) is 5.74. The number of ether oxygens (including phenoxy) is 2. The van der Waals surface area contributed by atoms with E-state index < -0.39 is 6.10 Å². The molecular weight excluding hydrogens is 292 g/mol. The molecule has 1 atom stereocenters. The number of rotatable bonds is 6. The molecule has 0 fully saturated rings. The van der Waals surface area contributed by atoms with E-state index in [0.717, 1.165) is 22.3 Å². The Morgan fingerprint density at radius 3 is 2.57 bits per heavy atom. The summed E-state index contributed by atoms with van der Waals surface area (Å²) in [4.78, 5) is 11.6. The monoisotopic (exact) mass is 314 g/mol. The van der Waals surface area contributed by atoms with Crippen molar-refractivity contribution in [3.05, 3.63) is 53.6 Å². The quantitative estimate of drug-likeness (QED) is 0.829. The first-order chi connectivity index (χ1) is 11.0. The largest absolute Gasteiger partial charge is 0.479 e. The van der Waals surface area contributed by atoms with E-state index in [1.165, 1.54) is 0 Å². The van der Waals surface area contributed by atoms with Crippen LogP contribution >= 0.6 is 0 Å². The van der Waals surface area contributed by atoms with Crippen LogP contribution in [0.5, 0.6) is 5.75 Å². The molecule has 0 aromatic heterocycles. The molecule has 0 bridgehead atoms. The van der Waals surface area contributed by atoms with Gasteiger partial charge in [0.15, 0.2) is 6.10 Å². The van der Waals surface area contributed by atoms with Gasteiger partial charge in [0.05, 0.1) is 13.2 Å². The summed E-state index contributed by atoms with van der Waals surface area (Å²) < 4.78 is 10.6. The minimum Gasteiger partial charge on any atom is -0.479 e. The highest BCUT2D eigenvalue weighted by Crippen LogP contribution is 2.27. The highest BCUT2D eigenvalue weighted by atomic mass is 16.6. The van der Waals surface area contributed by atoms with Crippen molar-refractivity contribution in [2.24, 2.45) is 0 Å². The van der Waals surface area contributed by atoms with Crippen molar-refractivity contribution in [3.8, 4) is 16.9 Å². The Kier molecular flexibility index (Phi) is 5.77. The molecule has 0 aliphatic carbocycles. The topological polar surface area (TPSA) is 55.8 Å². The summed E-state index contributed by atoms with van der Waals surface area (Å²) in [6.07, 6.45) is -0.641. The Morgan fingerprint density at radius 2 is 1.91 bits per heavy atom. The SMILES string of the molecule is CCOC(=O)C(C)Oc1ccc(-c2cccc(CO)c2)cc1C. The standard InChI is InChI=1S/C19H22O4/c1-4-22-19(21)14(3)23-18-9-8-17(10-13(18)2)16-7-5-6-15(11-16)12-20/h5-11,14,20H,4,12H2,1-3H3. The predicted molar refractivity (Wildman–Crippen MR) is 89.3 cm³/mol. The van der Waals surface area contributed by atoms with E-state index in [1.54, 1.807) is 13.8 Å². The second-order valence-electron chi connectivity index (χ2n) is 5.35. The number of aliphatic hydroxyl groups excluding tert-OH is 1. The maximum absolute atomic E-state index is 11.6. The van der Waals surface area contributed by atoms with Crippen LogP contribution in [-0.2, 0) is 16.1 Å². The summed E-state index contributed by atoms with van der Waals surface area (Å²) in [7, 11) is 0. The zero-order chi connectivity index (χ0) is 16.8. The molecule has 0 heterocycles. The zero-order valence-electron chi connectivity index (χ0n) is 13.7. The maximum Gasteiger partial charge on any atom is 0.347 e. The molecule has 0 aliphatic rings. The van der Waals surface area contributed by atoms with Gasteiger partial charge >= 0.3 is 5.97 Å². The molecule has 0 saturated carbocycles. The van der Waals surface area contributed by atoms with Gasteiger partial charge in [-0.25, -0.2) is 4.79 Å². The van der Waals surface area contributed by atoms with Crippen molar-refractivity contribution in [1.82, 2.24) is 0 Å². The van der Waals surface area contributed by atoms with E-state index in [0.29, 0.717) is 12.4 Å². The Balaban J connectivity index is 2.19. The van der Waals surface area contributed by atoms with Crippen LogP contribution in [-0.4, -0.2) is 23.8 Å². The summed E-state index contributed by atoms with van der Waals surface area (Å²) in [5.41, 5.74) is 3.88. The van der Waals surface area contributed by atoms with E-state index in [2.05, 4.69) is 0 Å². The predicted octanol–water partition coefficient (Wildman–Crippen LogP) is 3.48. The van der Waals surface area contributed by atoms with Crippen molar-refractivity contribution >= 4 is 5.97 Å². The molecule has 4 heteroatoms. The Morgan fingerprint density at radius 1 is 1.17 bits per heavy atom. The molecule has 2 rings (SSSR count). The fourth-order valence-corrected chi connectivity index (χ4v) is 2.31. The smallest absolute Gasteiger partial charge is 0.347 e. The van der Waals surface area contributed by atoms with Gasteiger partial charge in [-0.15, -0.1) is 0 Å². The highest BCUT2D eigenvalue weighted by Gasteiger charge is 2.16. The molecule has 122 valence electrons. The minimum absolute atomic E-state index is 0.0189. The highest BCUT2D eigenvalue weighted by molar-refractivity contribution is 5.74. The Bertz CT molecular complexity index is 679. The lowest BCUT2D eigenvalue weighted by atomic mass is 10.0. The molecule has 0 saturated heterocycles. The van der Waals surface area contributed by atoms with Crippen LogP contribution in [0, 0.1) is 6.92 Å². The fraction of sp³-hybridized carbons (Fsp3) is 0.316. The van der Waals surface area contributed by atoms with Crippen LogP contribution in [0.4, 0.5) is 0 Å². The average molecular weight is 314 g/mol. The van der Waals surface area contributed by atoms with Gasteiger partial charge in [-0.1, -0.05) is 24.3 Å². The van der Waals surface area contributed by atoms with E-state index >= 15 is 0 Å².